The van der Waals surface area contributed by atoms with Crippen LogP contribution in [-0.2, 0) is 9.53 Å². The second-order valence-electron chi connectivity index (χ2n) is 4.81. The van der Waals surface area contributed by atoms with Crippen molar-refractivity contribution in [3.05, 3.63) is 60.2 Å². The molecule has 0 spiro atoms. The van der Waals surface area contributed by atoms with E-state index < -0.39 is 17.9 Å². The zero-order valence-electron chi connectivity index (χ0n) is 12.5. The van der Waals surface area contributed by atoms with E-state index in [-0.39, 0.29) is 24.6 Å². The lowest BCUT2D eigenvalue weighted by Crippen LogP contribution is -2.41. The van der Waals surface area contributed by atoms with Crippen molar-refractivity contribution in [3.63, 3.8) is 0 Å². The quantitative estimate of drug-likeness (QED) is 0.837. The van der Waals surface area contributed by atoms with E-state index in [2.05, 4.69) is 4.74 Å². The van der Waals surface area contributed by atoms with Crippen LogP contribution < -0.4 is 5.73 Å². The van der Waals surface area contributed by atoms with Crippen LogP contribution in [0.2, 0.25) is 0 Å². The Morgan fingerprint density at radius 1 is 1.09 bits per heavy atom. The van der Waals surface area contributed by atoms with Gasteiger partial charge in [0.15, 0.2) is 0 Å². The van der Waals surface area contributed by atoms with Gasteiger partial charge in [0.2, 0.25) is 0 Å². The minimum Gasteiger partial charge on any atom is -0.462 e. The van der Waals surface area contributed by atoms with Gasteiger partial charge in [-0.25, -0.2) is 4.79 Å². The molecular weight excluding hydrogens is 324 g/mol. The first-order valence-electron chi connectivity index (χ1n) is 6.92. The number of hydrogen-bond acceptors (Lipinski definition) is 3. The maximum Gasteiger partial charge on any atom is 0.379 e. The first-order chi connectivity index (χ1) is 10.5. The lowest BCUT2D eigenvalue weighted by atomic mass is 9.98. The van der Waals surface area contributed by atoms with E-state index in [1.807, 2.05) is 30.3 Å². The topological polar surface area (TPSA) is 52.3 Å². The van der Waals surface area contributed by atoms with Crippen molar-refractivity contribution in [2.45, 2.75) is 18.9 Å². The number of ether oxygens (including phenoxy) is 1. The van der Waals surface area contributed by atoms with Crippen LogP contribution in [0, 0.1) is 0 Å². The molecule has 23 heavy (non-hydrogen) atoms. The third kappa shape index (κ3) is 4.27. The third-order valence-corrected chi connectivity index (χ3v) is 3.32. The largest absolute Gasteiger partial charge is 0.462 e. The number of nitrogens with two attached hydrogens (primary N) is 1. The van der Waals surface area contributed by atoms with Crippen molar-refractivity contribution in [1.29, 1.82) is 0 Å². The van der Waals surface area contributed by atoms with E-state index >= 15 is 0 Å². The van der Waals surface area contributed by atoms with Crippen molar-refractivity contribution in [2.75, 3.05) is 6.61 Å². The minimum atomic E-state index is -3.76. The van der Waals surface area contributed by atoms with Crippen molar-refractivity contribution >= 4 is 18.4 Å². The van der Waals surface area contributed by atoms with E-state index in [9.17, 15) is 13.6 Å². The molecule has 0 saturated heterocycles. The van der Waals surface area contributed by atoms with E-state index in [4.69, 9.17) is 5.73 Å². The fourth-order valence-electron chi connectivity index (χ4n) is 2.08. The molecule has 2 rings (SSSR count). The van der Waals surface area contributed by atoms with Gasteiger partial charge >= 0.3 is 11.9 Å². The molecule has 1 atom stereocenters. The third-order valence-electron chi connectivity index (χ3n) is 3.32. The van der Waals surface area contributed by atoms with Gasteiger partial charge in [0, 0.05) is 0 Å². The van der Waals surface area contributed by atoms with Crippen LogP contribution >= 0.6 is 12.4 Å². The number of halogens is 3. The Bertz CT molecular complexity index is 633. The molecule has 2 aromatic carbocycles. The fourth-order valence-corrected chi connectivity index (χ4v) is 2.08. The van der Waals surface area contributed by atoms with Crippen LogP contribution in [0.1, 0.15) is 18.5 Å². The molecule has 2 N–H and O–H groups in total. The molecule has 2 aromatic rings. The van der Waals surface area contributed by atoms with Gasteiger partial charge in [0.1, 0.15) is 6.04 Å². The number of alkyl halides is 2. The molecule has 3 nitrogen and oxygen atoms in total. The standard InChI is InChI=1S/C17H17F2NO2.ClH/c1-2-22-16(21)17(18,19)15(20)14-10-8-13(9-11-14)12-6-4-3-5-7-12;/h3-11,15H,2,20H2,1H3;1H/t15-;/m0./s1. The van der Waals surface area contributed by atoms with E-state index in [0.717, 1.165) is 11.1 Å². The predicted octanol–water partition coefficient (Wildman–Crippen LogP) is 3.97. The summed E-state index contributed by atoms with van der Waals surface area (Å²) >= 11 is 0. The summed E-state index contributed by atoms with van der Waals surface area (Å²) in [5.74, 6) is -5.36. The minimum absolute atomic E-state index is 0. The van der Waals surface area contributed by atoms with Gasteiger partial charge in [-0.3, -0.25) is 0 Å². The number of hydrogen-bond donors (Lipinski definition) is 1. The summed E-state index contributed by atoms with van der Waals surface area (Å²) in [6.07, 6.45) is 0. The van der Waals surface area contributed by atoms with Crippen LogP contribution in [0.4, 0.5) is 8.78 Å². The summed E-state index contributed by atoms with van der Waals surface area (Å²) in [6, 6.07) is 14.2. The lowest BCUT2D eigenvalue weighted by Gasteiger charge is -2.22. The van der Waals surface area contributed by atoms with E-state index in [0.29, 0.717) is 0 Å². The zero-order valence-corrected chi connectivity index (χ0v) is 13.4. The van der Waals surface area contributed by atoms with E-state index in [1.54, 1.807) is 12.1 Å². The highest BCUT2D eigenvalue weighted by atomic mass is 35.5. The number of benzene rings is 2. The van der Waals surface area contributed by atoms with Crippen molar-refractivity contribution in [3.8, 4) is 11.1 Å². The molecule has 0 aliphatic rings. The molecule has 0 saturated carbocycles. The summed E-state index contributed by atoms with van der Waals surface area (Å²) in [4.78, 5) is 11.3. The molecule has 0 aliphatic heterocycles. The summed E-state index contributed by atoms with van der Waals surface area (Å²) in [5, 5.41) is 0. The monoisotopic (exact) mass is 341 g/mol. The highest BCUT2D eigenvalue weighted by molar-refractivity contribution is 5.85. The zero-order chi connectivity index (χ0) is 16.2. The van der Waals surface area contributed by atoms with Crippen molar-refractivity contribution in [2.24, 2.45) is 5.73 Å². The number of carbonyl (C=O) groups is 1. The predicted molar refractivity (Wildman–Crippen MR) is 87.6 cm³/mol. The average molecular weight is 342 g/mol. The van der Waals surface area contributed by atoms with Crippen LogP contribution in [0.25, 0.3) is 11.1 Å². The Hall–Kier alpha value is -1.98. The number of carbonyl (C=O) groups excluding carboxylic acids is 1. The maximum absolute atomic E-state index is 13.9. The summed E-state index contributed by atoms with van der Waals surface area (Å²) in [5.41, 5.74) is 7.58. The van der Waals surface area contributed by atoms with Gasteiger partial charge in [-0.05, 0) is 23.6 Å². The summed E-state index contributed by atoms with van der Waals surface area (Å²) < 4.78 is 32.2. The van der Waals surface area contributed by atoms with Gasteiger partial charge in [-0.15, -0.1) is 12.4 Å². The Balaban J connectivity index is 0.00000264. The molecule has 0 amide bonds. The first kappa shape index (κ1) is 19.1. The van der Waals surface area contributed by atoms with Crippen molar-refractivity contribution in [1.82, 2.24) is 0 Å². The molecule has 0 aromatic heterocycles. The molecular formula is C17H18ClF2NO2. The SMILES string of the molecule is CCOC(=O)C(F)(F)[C@@H](N)c1ccc(-c2ccccc2)cc1.Cl. The second kappa shape index (κ2) is 8.04. The molecule has 0 radical (unpaired) electrons. The normalized spacial score (nSPS) is 12.2. The fraction of sp³-hybridized carbons (Fsp3) is 0.235. The summed E-state index contributed by atoms with van der Waals surface area (Å²) in [7, 11) is 0. The molecule has 6 heteroatoms. The van der Waals surface area contributed by atoms with Crippen molar-refractivity contribution < 1.29 is 18.3 Å². The molecule has 0 fully saturated rings. The highest BCUT2D eigenvalue weighted by Gasteiger charge is 2.47. The highest BCUT2D eigenvalue weighted by Crippen LogP contribution is 2.31. The van der Waals surface area contributed by atoms with Crippen LogP contribution in [0.15, 0.2) is 54.6 Å². The van der Waals surface area contributed by atoms with Gasteiger partial charge < -0.3 is 10.5 Å². The lowest BCUT2D eigenvalue weighted by molar-refractivity contribution is -0.174. The molecule has 0 unspecified atom stereocenters. The summed E-state index contributed by atoms with van der Waals surface area (Å²) in [6.45, 7) is 1.35. The Kier molecular flexibility index (Phi) is 6.66. The van der Waals surface area contributed by atoms with Gasteiger partial charge in [-0.1, -0.05) is 54.6 Å². The Labute approximate surface area is 139 Å². The average Bonchev–Trinajstić information content (AvgIpc) is 2.55. The van der Waals surface area contributed by atoms with E-state index in [1.165, 1.54) is 19.1 Å². The van der Waals surface area contributed by atoms with Gasteiger partial charge in [0.25, 0.3) is 0 Å². The van der Waals surface area contributed by atoms with Gasteiger partial charge in [-0.2, -0.15) is 8.78 Å². The number of esters is 1. The van der Waals surface area contributed by atoms with Crippen LogP contribution in [-0.4, -0.2) is 18.5 Å². The molecule has 0 heterocycles. The second-order valence-corrected chi connectivity index (χ2v) is 4.81. The molecule has 0 aliphatic carbocycles. The smallest absolute Gasteiger partial charge is 0.379 e. The molecule has 0 bridgehead atoms. The molecule has 124 valence electrons. The first-order valence-corrected chi connectivity index (χ1v) is 6.92. The number of rotatable bonds is 5. The van der Waals surface area contributed by atoms with Crippen LogP contribution in [0.5, 0.6) is 0 Å². The van der Waals surface area contributed by atoms with Crippen LogP contribution in [0.3, 0.4) is 0 Å². The Morgan fingerprint density at radius 2 is 1.61 bits per heavy atom. The Morgan fingerprint density at radius 3 is 2.13 bits per heavy atom. The van der Waals surface area contributed by atoms with Gasteiger partial charge in [0.05, 0.1) is 6.61 Å². The maximum atomic E-state index is 13.9.